The lowest BCUT2D eigenvalue weighted by Crippen LogP contribution is -2.33. The molecule has 5 rings (SSSR count). The molecule has 0 spiro atoms. The van der Waals surface area contributed by atoms with Gasteiger partial charge >= 0.3 is 0 Å². The molecular formula is C31H32O4. The van der Waals surface area contributed by atoms with Gasteiger partial charge in [-0.25, -0.2) is 0 Å². The molecule has 0 radical (unpaired) electrons. The van der Waals surface area contributed by atoms with E-state index in [0.29, 0.717) is 32.7 Å². The van der Waals surface area contributed by atoms with Gasteiger partial charge in [-0.3, -0.25) is 0 Å². The average molecular weight is 469 g/mol. The van der Waals surface area contributed by atoms with Crippen molar-refractivity contribution in [1.29, 1.82) is 0 Å². The zero-order chi connectivity index (χ0) is 24.3. The summed E-state index contributed by atoms with van der Waals surface area (Å²) in [6.45, 7) is 3.68. The number of benzene rings is 4. The van der Waals surface area contributed by atoms with Crippen LogP contribution in [0, 0.1) is 0 Å². The fourth-order valence-electron chi connectivity index (χ4n) is 4.79. The first kappa shape index (κ1) is 23.6. The van der Waals surface area contributed by atoms with Gasteiger partial charge in [0.2, 0.25) is 0 Å². The van der Waals surface area contributed by atoms with Crippen LogP contribution in [0.3, 0.4) is 0 Å². The van der Waals surface area contributed by atoms with Crippen LogP contribution < -0.4 is 4.74 Å². The predicted octanol–water partition coefficient (Wildman–Crippen LogP) is 6.79. The van der Waals surface area contributed by atoms with Crippen LogP contribution in [0.1, 0.15) is 42.6 Å². The first-order valence-corrected chi connectivity index (χ1v) is 12.2. The molecule has 0 aromatic heterocycles. The van der Waals surface area contributed by atoms with E-state index in [4.69, 9.17) is 14.2 Å². The molecule has 4 heteroatoms. The summed E-state index contributed by atoms with van der Waals surface area (Å²) in [6, 6.07) is 29.2. The maximum absolute atomic E-state index is 11.1. The topological polar surface area (TPSA) is 47.9 Å². The minimum absolute atomic E-state index is 0.00982. The molecule has 1 aliphatic rings. The van der Waals surface area contributed by atoms with Crippen molar-refractivity contribution in [2.24, 2.45) is 0 Å². The van der Waals surface area contributed by atoms with Crippen molar-refractivity contribution < 1.29 is 19.3 Å². The molecule has 0 saturated carbocycles. The van der Waals surface area contributed by atoms with Crippen molar-refractivity contribution in [3.8, 4) is 16.9 Å². The third kappa shape index (κ3) is 5.10. The number of ether oxygens (including phenoxy) is 3. The van der Waals surface area contributed by atoms with Gasteiger partial charge in [0.15, 0.2) is 0 Å². The predicted molar refractivity (Wildman–Crippen MR) is 140 cm³/mol. The number of aliphatic hydroxyl groups is 1. The zero-order valence-electron chi connectivity index (χ0n) is 20.4. The Bertz CT molecular complexity index is 1290. The van der Waals surface area contributed by atoms with E-state index >= 15 is 0 Å². The normalized spacial score (nSPS) is 16.2. The molecule has 0 aliphatic carbocycles. The molecule has 1 atom stereocenters. The summed E-state index contributed by atoms with van der Waals surface area (Å²) in [4.78, 5) is 0. The molecule has 4 aromatic carbocycles. The molecule has 1 aliphatic heterocycles. The summed E-state index contributed by atoms with van der Waals surface area (Å²) in [6.07, 6.45) is 1.25. The van der Waals surface area contributed by atoms with Gasteiger partial charge < -0.3 is 19.3 Å². The summed E-state index contributed by atoms with van der Waals surface area (Å²) in [5.74, 6) is 0.817. The smallest absolute Gasteiger partial charge is 0.120 e. The Labute approximate surface area is 207 Å². The molecule has 35 heavy (non-hydrogen) atoms. The SMILES string of the molecule is COC(C)c1cc(-c2ccccc2)c2cc(OCc3cccc(C4(O)CCOCC4)c3)ccc2c1. The number of fused-ring (bicyclic) bond motifs is 1. The van der Waals surface area contributed by atoms with Gasteiger partial charge in [0.25, 0.3) is 0 Å². The first-order chi connectivity index (χ1) is 17.1. The highest BCUT2D eigenvalue weighted by atomic mass is 16.5. The summed E-state index contributed by atoms with van der Waals surface area (Å²) in [7, 11) is 1.74. The van der Waals surface area contributed by atoms with Crippen LogP contribution >= 0.6 is 0 Å². The third-order valence-corrected chi connectivity index (χ3v) is 7.05. The van der Waals surface area contributed by atoms with Crippen LogP contribution in [-0.2, 0) is 21.7 Å². The van der Waals surface area contributed by atoms with Gasteiger partial charge in [-0.2, -0.15) is 0 Å². The molecular weight excluding hydrogens is 436 g/mol. The van der Waals surface area contributed by atoms with E-state index in [1.807, 2.05) is 30.3 Å². The van der Waals surface area contributed by atoms with Gasteiger partial charge in [-0.15, -0.1) is 0 Å². The Morgan fingerprint density at radius 1 is 0.914 bits per heavy atom. The highest BCUT2D eigenvalue weighted by Gasteiger charge is 2.31. The number of rotatable bonds is 7. The van der Waals surface area contributed by atoms with Crippen LogP contribution in [0.4, 0.5) is 0 Å². The number of hydrogen-bond acceptors (Lipinski definition) is 4. The lowest BCUT2D eigenvalue weighted by atomic mass is 9.86. The molecule has 4 nitrogen and oxygen atoms in total. The molecule has 4 aromatic rings. The van der Waals surface area contributed by atoms with E-state index in [9.17, 15) is 5.11 Å². The maximum atomic E-state index is 11.1. The van der Waals surface area contributed by atoms with Crippen LogP contribution in [-0.4, -0.2) is 25.4 Å². The van der Waals surface area contributed by atoms with Gasteiger partial charge in [0.1, 0.15) is 12.4 Å². The van der Waals surface area contributed by atoms with Gasteiger partial charge in [0.05, 0.1) is 11.7 Å². The first-order valence-electron chi connectivity index (χ1n) is 12.2. The van der Waals surface area contributed by atoms with Crippen molar-refractivity contribution in [3.05, 3.63) is 102 Å². The standard InChI is InChI=1S/C31H32O4/c1-22(33-2)26-18-25-11-12-28(20-30(25)29(19-26)24-8-4-3-5-9-24)35-21-23-7-6-10-27(17-23)31(32)13-15-34-16-14-31/h3-12,17-20,22,32H,13-16,21H2,1-2H3. The molecule has 180 valence electrons. The van der Waals surface area contributed by atoms with E-state index in [-0.39, 0.29) is 6.10 Å². The molecule has 0 amide bonds. The van der Waals surface area contributed by atoms with Crippen LogP contribution in [0.15, 0.2) is 84.9 Å². The second-order valence-electron chi connectivity index (χ2n) is 9.33. The minimum atomic E-state index is -0.821. The highest BCUT2D eigenvalue weighted by Crippen LogP contribution is 2.36. The largest absolute Gasteiger partial charge is 0.489 e. The lowest BCUT2D eigenvalue weighted by Gasteiger charge is -2.32. The van der Waals surface area contributed by atoms with E-state index in [1.165, 1.54) is 0 Å². The Hall–Kier alpha value is -3.18. The molecule has 1 N–H and O–H groups in total. The Kier molecular flexibility index (Phi) is 6.87. The number of hydrogen-bond donors (Lipinski definition) is 1. The van der Waals surface area contributed by atoms with Crippen LogP contribution in [0.2, 0.25) is 0 Å². The fraction of sp³-hybridized carbons (Fsp3) is 0.290. The highest BCUT2D eigenvalue weighted by molar-refractivity contribution is 5.98. The monoisotopic (exact) mass is 468 g/mol. The molecule has 0 bridgehead atoms. The van der Waals surface area contributed by atoms with Crippen LogP contribution in [0.5, 0.6) is 5.75 Å². The van der Waals surface area contributed by atoms with Crippen LogP contribution in [0.25, 0.3) is 21.9 Å². The molecule has 1 saturated heterocycles. The Morgan fingerprint density at radius 2 is 1.71 bits per heavy atom. The molecule has 1 unspecified atom stereocenters. The summed E-state index contributed by atoms with van der Waals surface area (Å²) in [5, 5.41) is 13.4. The number of methoxy groups -OCH3 is 1. The van der Waals surface area contributed by atoms with Gasteiger partial charge in [0, 0.05) is 33.2 Å². The second-order valence-corrected chi connectivity index (χ2v) is 9.33. The van der Waals surface area contributed by atoms with E-state index in [1.54, 1.807) is 7.11 Å². The quantitative estimate of drug-likeness (QED) is 0.324. The fourth-order valence-corrected chi connectivity index (χ4v) is 4.79. The van der Waals surface area contributed by atoms with Gasteiger partial charge in [-0.1, -0.05) is 54.6 Å². The average Bonchev–Trinajstić information content (AvgIpc) is 2.92. The Morgan fingerprint density at radius 3 is 2.49 bits per heavy atom. The minimum Gasteiger partial charge on any atom is -0.489 e. The van der Waals surface area contributed by atoms with Crippen molar-refractivity contribution in [1.82, 2.24) is 0 Å². The zero-order valence-corrected chi connectivity index (χ0v) is 20.4. The second kappa shape index (κ2) is 10.2. The maximum Gasteiger partial charge on any atom is 0.120 e. The third-order valence-electron chi connectivity index (χ3n) is 7.05. The summed E-state index contributed by atoms with van der Waals surface area (Å²) < 4.78 is 17.3. The van der Waals surface area contributed by atoms with E-state index in [2.05, 4.69) is 61.5 Å². The molecule has 1 heterocycles. The summed E-state index contributed by atoms with van der Waals surface area (Å²) in [5.41, 5.74) is 4.63. The van der Waals surface area contributed by atoms with Gasteiger partial charge in [-0.05, 0) is 75.8 Å². The lowest BCUT2D eigenvalue weighted by molar-refractivity contribution is -0.0679. The van der Waals surface area contributed by atoms with E-state index < -0.39 is 5.60 Å². The van der Waals surface area contributed by atoms with Crippen molar-refractivity contribution in [2.45, 2.75) is 38.1 Å². The molecule has 1 fully saturated rings. The van der Waals surface area contributed by atoms with Crippen molar-refractivity contribution in [2.75, 3.05) is 20.3 Å². The van der Waals surface area contributed by atoms with Crippen molar-refractivity contribution >= 4 is 10.8 Å². The summed E-state index contributed by atoms with van der Waals surface area (Å²) >= 11 is 0. The van der Waals surface area contributed by atoms with E-state index in [0.717, 1.165) is 44.3 Å². The van der Waals surface area contributed by atoms with Crippen molar-refractivity contribution in [3.63, 3.8) is 0 Å². The Balaban J connectivity index is 1.43.